The summed E-state index contributed by atoms with van der Waals surface area (Å²) in [5, 5.41) is 9.87. The summed E-state index contributed by atoms with van der Waals surface area (Å²) in [5.74, 6) is -0.989. The molecule has 0 aromatic heterocycles. The molecule has 5 nitrogen and oxygen atoms in total. The van der Waals surface area contributed by atoms with Crippen LogP contribution in [-0.2, 0) is 16.0 Å². The minimum absolute atomic E-state index is 0.253. The van der Waals surface area contributed by atoms with Crippen LogP contribution in [0.3, 0.4) is 0 Å². The Morgan fingerprint density at radius 3 is 2.57 bits per heavy atom. The van der Waals surface area contributed by atoms with Crippen LogP contribution in [0.15, 0.2) is 28.7 Å². The maximum atomic E-state index is 12.5. The van der Waals surface area contributed by atoms with Crippen molar-refractivity contribution in [2.45, 2.75) is 51.2 Å². The highest BCUT2D eigenvalue weighted by Gasteiger charge is 2.51. The molecule has 2 rings (SSSR count). The minimum atomic E-state index is -1.26. The molecule has 1 saturated heterocycles. The smallest absolute Gasteiger partial charge is 0.411 e. The summed E-state index contributed by atoms with van der Waals surface area (Å²) in [4.78, 5) is 25.9. The van der Waals surface area contributed by atoms with Gasteiger partial charge in [-0.25, -0.2) is 9.59 Å². The Balaban J connectivity index is 2.33. The Morgan fingerprint density at radius 1 is 1.35 bits per heavy atom. The van der Waals surface area contributed by atoms with Crippen LogP contribution < -0.4 is 0 Å². The lowest BCUT2D eigenvalue weighted by Gasteiger charge is -2.36. The van der Waals surface area contributed by atoms with Crippen LogP contribution in [0.1, 0.15) is 39.2 Å². The highest BCUT2D eigenvalue weighted by atomic mass is 79.9. The van der Waals surface area contributed by atoms with Gasteiger partial charge in [-0.15, -0.1) is 0 Å². The van der Waals surface area contributed by atoms with Crippen LogP contribution in [0.25, 0.3) is 0 Å². The van der Waals surface area contributed by atoms with Crippen molar-refractivity contribution in [2.75, 3.05) is 6.54 Å². The van der Waals surface area contributed by atoms with E-state index >= 15 is 0 Å². The van der Waals surface area contributed by atoms with Crippen molar-refractivity contribution in [1.82, 2.24) is 4.90 Å². The maximum absolute atomic E-state index is 12.5. The number of likely N-dealkylation sites (tertiary alicyclic amines) is 1. The van der Waals surface area contributed by atoms with Gasteiger partial charge < -0.3 is 9.84 Å². The van der Waals surface area contributed by atoms with Gasteiger partial charge in [0.1, 0.15) is 11.1 Å². The molecule has 1 aliphatic heterocycles. The second-order valence-electron chi connectivity index (χ2n) is 6.84. The molecule has 0 saturated carbocycles. The second kappa shape index (κ2) is 6.51. The van der Waals surface area contributed by atoms with Gasteiger partial charge >= 0.3 is 12.1 Å². The number of hydrogen-bond acceptors (Lipinski definition) is 3. The summed E-state index contributed by atoms with van der Waals surface area (Å²) >= 11 is 3.46. The first kappa shape index (κ1) is 17.8. The van der Waals surface area contributed by atoms with Gasteiger partial charge in [0, 0.05) is 17.4 Å². The molecule has 1 aromatic rings. The van der Waals surface area contributed by atoms with E-state index in [-0.39, 0.29) is 6.42 Å². The molecule has 0 aliphatic carbocycles. The first-order chi connectivity index (χ1) is 10.7. The molecule has 6 heteroatoms. The summed E-state index contributed by atoms with van der Waals surface area (Å²) in [6.07, 6.45) is 0.756. The van der Waals surface area contributed by atoms with Crippen LogP contribution in [0.5, 0.6) is 0 Å². The number of hydrogen-bond donors (Lipinski definition) is 1. The van der Waals surface area contributed by atoms with Gasteiger partial charge in [0.25, 0.3) is 0 Å². The molecule has 0 radical (unpaired) electrons. The predicted molar refractivity (Wildman–Crippen MR) is 90.4 cm³/mol. The lowest BCUT2D eigenvalue weighted by atomic mass is 9.88. The van der Waals surface area contributed by atoms with Crippen molar-refractivity contribution in [3.05, 3.63) is 34.3 Å². The third-order valence-corrected chi connectivity index (χ3v) is 4.72. The van der Waals surface area contributed by atoms with E-state index in [2.05, 4.69) is 15.9 Å². The SMILES string of the molecule is CC(C)(C)OC(=O)N1CCCC1(Cc1ccccc1Br)C(=O)O. The first-order valence-electron chi connectivity index (χ1n) is 7.63. The van der Waals surface area contributed by atoms with E-state index in [0.717, 1.165) is 10.0 Å². The number of halogens is 1. The molecule has 1 N–H and O–H groups in total. The lowest BCUT2D eigenvalue weighted by molar-refractivity contribution is -0.149. The number of benzene rings is 1. The van der Waals surface area contributed by atoms with Gasteiger partial charge in [0.15, 0.2) is 0 Å². The molecular formula is C17H22BrNO4. The van der Waals surface area contributed by atoms with E-state index in [9.17, 15) is 14.7 Å². The Labute approximate surface area is 144 Å². The van der Waals surface area contributed by atoms with E-state index in [1.54, 1.807) is 20.8 Å². The van der Waals surface area contributed by atoms with Crippen molar-refractivity contribution < 1.29 is 19.4 Å². The molecule has 0 bridgehead atoms. The molecule has 1 fully saturated rings. The van der Waals surface area contributed by atoms with Crippen LogP contribution >= 0.6 is 15.9 Å². The van der Waals surface area contributed by atoms with Gasteiger partial charge in [0.05, 0.1) is 0 Å². The highest BCUT2D eigenvalue weighted by molar-refractivity contribution is 9.10. The summed E-state index contributed by atoms with van der Waals surface area (Å²) in [7, 11) is 0. The molecule has 1 aromatic carbocycles. The zero-order chi connectivity index (χ0) is 17.3. The number of aliphatic carboxylic acids is 1. The van der Waals surface area contributed by atoms with Gasteiger partial charge in [-0.05, 0) is 45.2 Å². The third kappa shape index (κ3) is 3.86. The monoisotopic (exact) mass is 383 g/mol. The molecule has 1 aliphatic rings. The molecule has 1 atom stereocenters. The van der Waals surface area contributed by atoms with Crippen molar-refractivity contribution in [2.24, 2.45) is 0 Å². The van der Waals surface area contributed by atoms with Crippen LogP contribution in [0.2, 0.25) is 0 Å². The van der Waals surface area contributed by atoms with Crippen molar-refractivity contribution in [3.8, 4) is 0 Å². The predicted octanol–water partition coefficient (Wildman–Crippen LogP) is 3.85. The Bertz CT molecular complexity index is 611. The van der Waals surface area contributed by atoms with Crippen molar-refractivity contribution >= 4 is 28.0 Å². The van der Waals surface area contributed by atoms with Crippen LogP contribution in [-0.4, -0.2) is 39.8 Å². The zero-order valence-electron chi connectivity index (χ0n) is 13.6. The first-order valence-corrected chi connectivity index (χ1v) is 8.42. The number of carbonyl (C=O) groups excluding carboxylic acids is 1. The molecule has 126 valence electrons. The second-order valence-corrected chi connectivity index (χ2v) is 7.69. The van der Waals surface area contributed by atoms with Gasteiger partial charge in [-0.2, -0.15) is 0 Å². The number of carbonyl (C=O) groups is 2. The number of amides is 1. The van der Waals surface area contributed by atoms with E-state index in [1.807, 2.05) is 24.3 Å². The number of carboxylic acid groups (broad SMARTS) is 1. The normalized spacial score (nSPS) is 21.3. The molecule has 0 spiro atoms. The van der Waals surface area contributed by atoms with Gasteiger partial charge in [0.2, 0.25) is 0 Å². The molecule has 1 amide bonds. The Kier molecular flexibility index (Phi) is 5.04. The molecule has 23 heavy (non-hydrogen) atoms. The molecule has 1 heterocycles. The maximum Gasteiger partial charge on any atom is 0.411 e. The Hall–Kier alpha value is -1.56. The average molecular weight is 384 g/mol. The Morgan fingerprint density at radius 2 is 2.00 bits per heavy atom. The number of nitrogens with zero attached hydrogens (tertiary/aromatic N) is 1. The average Bonchev–Trinajstić information content (AvgIpc) is 2.84. The standard InChI is InChI=1S/C17H22BrNO4/c1-16(2,3)23-15(22)19-10-6-9-17(19,14(20)21)11-12-7-4-5-8-13(12)18/h4-5,7-8H,6,9-11H2,1-3H3,(H,20,21). The van der Waals surface area contributed by atoms with E-state index < -0.39 is 23.2 Å². The summed E-state index contributed by atoms with van der Waals surface area (Å²) in [6, 6.07) is 7.49. The quantitative estimate of drug-likeness (QED) is 0.860. The van der Waals surface area contributed by atoms with Crippen LogP contribution in [0, 0.1) is 0 Å². The lowest BCUT2D eigenvalue weighted by Crippen LogP contribution is -2.55. The van der Waals surface area contributed by atoms with Gasteiger partial charge in [-0.3, -0.25) is 4.90 Å². The van der Waals surface area contributed by atoms with E-state index in [0.29, 0.717) is 19.4 Å². The zero-order valence-corrected chi connectivity index (χ0v) is 15.2. The highest BCUT2D eigenvalue weighted by Crippen LogP contribution is 2.36. The van der Waals surface area contributed by atoms with Crippen molar-refractivity contribution in [3.63, 3.8) is 0 Å². The van der Waals surface area contributed by atoms with E-state index in [1.165, 1.54) is 4.90 Å². The largest absolute Gasteiger partial charge is 0.479 e. The fourth-order valence-electron chi connectivity index (χ4n) is 2.90. The number of rotatable bonds is 3. The fraction of sp³-hybridized carbons (Fsp3) is 0.529. The topological polar surface area (TPSA) is 66.8 Å². The fourth-order valence-corrected chi connectivity index (χ4v) is 3.33. The molecular weight excluding hydrogens is 362 g/mol. The summed E-state index contributed by atoms with van der Waals surface area (Å²) in [6.45, 7) is 5.72. The number of ether oxygens (including phenoxy) is 1. The van der Waals surface area contributed by atoms with Gasteiger partial charge in [-0.1, -0.05) is 34.1 Å². The molecule has 1 unspecified atom stereocenters. The number of carboxylic acids is 1. The van der Waals surface area contributed by atoms with Crippen molar-refractivity contribution in [1.29, 1.82) is 0 Å². The summed E-state index contributed by atoms with van der Waals surface area (Å²) < 4.78 is 6.25. The minimum Gasteiger partial charge on any atom is -0.479 e. The summed E-state index contributed by atoms with van der Waals surface area (Å²) in [5.41, 5.74) is -1.05. The van der Waals surface area contributed by atoms with E-state index in [4.69, 9.17) is 4.74 Å². The van der Waals surface area contributed by atoms with Crippen LogP contribution in [0.4, 0.5) is 4.79 Å². The third-order valence-electron chi connectivity index (χ3n) is 3.94.